The van der Waals surface area contributed by atoms with E-state index in [9.17, 15) is 4.79 Å². The highest BCUT2D eigenvalue weighted by molar-refractivity contribution is 5.74. The first-order valence-corrected chi connectivity index (χ1v) is 3.96. The summed E-state index contributed by atoms with van der Waals surface area (Å²) in [4.78, 5) is 14.4. The van der Waals surface area contributed by atoms with E-state index >= 15 is 0 Å². The van der Waals surface area contributed by atoms with Gasteiger partial charge in [-0.25, -0.2) is 4.98 Å². The molecule has 0 bridgehead atoms. The summed E-state index contributed by atoms with van der Waals surface area (Å²) in [5.41, 5.74) is 0.612. The predicted octanol–water partition coefficient (Wildman–Crippen LogP) is 1.44. The molecule has 0 radical (unpaired) electrons. The summed E-state index contributed by atoms with van der Waals surface area (Å²) in [6.07, 6.45) is 4.92. The molecule has 1 fully saturated rings. The zero-order valence-corrected chi connectivity index (χ0v) is 6.56. The van der Waals surface area contributed by atoms with Gasteiger partial charge in [0.1, 0.15) is 12.4 Å². The fourth-order valence-corrected chi connectivity index (χ4v) is 0.919. The quantitative estimate of drug-likeness (QED) is 0.633. The number of nitrogens with zero attached hydrogens (tertiary/aromatic N) is 1. The molecule has 62 valence electrons. The van der Waals surface area contributed by atoms with Crippen LogP contribution in [0.25, 0.3) is 0 Å². The molecule has 3 heteroatoms. The number of rotatable bonds is 3. The van der Waals surface area contributed by atoms with Crippen LogP contribution in [0.15, 0.2) is 18.3 Å². The van der Waals surface area contributed by atoms with Crippen molar-refractivity contribution in [3.05, 3.63) is 23.9 Å². The van der Waals surface area contributed by atoms with Crippen LogP contribution < -0.4 is 4.74 Å². The van der Waals surface area contributed by atoms with E-state index in [-0.39, 0.29) is 0 Å². The first kappa shape index (κ1) is 7.28. The second-order valence-electron chi connectivity index (χ2n) is 2.86. The van der Waals surface area contributed by atoms with Gasteiger partial charge in [-0.05, 0) is 18.9 Å². The molecule has 0 aliphatic heterocycles. The van der Waals surface area contributed by atoms with Gasteiger partial charge >= 0.3 is 0 Å². The molecule has 0 saturated heterocycles. The Bertz CT molecular complexity index is 294. The van der Waals surface area contributed by atoms with Crippen LogP contribution in [-0.4, -0.2) is 17.4 Å². The lowest BCUT2D eigenvalue weighted by molar-refractivity contribution is 0.112. The van der Waals surface area contributed by atoms with Gasteiger partial charge in [0.25, 0.3) is 0 Å². The number of aromatic nitrogens is 1. The van der Waals surface area contributed by atoms with Crippen LogP contribution in [0.1, 0.15) is 23.2 Å². The largest absolute Gasteiger partial charge is 0.474 e. The van der Waals surface area contributed by atoms with Gasteiger partial charge in [-0.1, -0.05) is 0 Å². The lowest BCUT2D eigenvalue weighted by Gasteiger charge is -2.01. The summed E-state index contributed by atoms with van der Waals surface area (Å²) in [5.74, 6) is 0.558. The Labute approximate surface area is 70.4 Å². The number of carbonyl (C=O) groups excluding carboxylic acids is 1. The highest BCUT2D eigenvalue weighted by Gasteiger charge is 2.23. The fourth-order valence-electron chi connectivity index (χ4n) is 0.919. The van der Waals surface area contributed by atoms with Crippen LogP contribution >= 0.6 is 0 Å². The summed E-state index contributed by atoms with van der Waals surface area (Å²) in [6.45, 7) is 0. The van der Waals surface area contributed by atoms with E-state index in [2.05, 4.69) is 4.98 Å². The maximum Gasteiger partial charge on any atom is 0.214 e. The van der Waals surface area contributed by atoms with E-state index in [1.54, 1.807) is 18.3 Å². The zero-order chi connectivity index (χ0) is 8.39. The Kier molecular flexibility index (Phi) is 1.78. The van der Waals surface area contributed by atoms with E-state index in [1.807, 2.05) is 0 Å². The molecule has 0 N–H and O–H groups in total. The van der Waals surface area contributed by atoms with Crippen LogP contribution in [0.5, 0.6) is 5.88 Å². The van der Waals surface area contributed by atoms with Crippen molar-refractivity contribution >= 4 is 6.29 Å². The molecule has 0 aromatic carbocycles. The molecule has 3 nitrogen and oxygen atoms in total. The van der Waals surface area contributed by atoms with Crippen molar-refractivity contribution in [2.24, 2.45) is 0 Å². The number of pyridine rings is 1. The minimum atomic E-state index is 0.333. The smallest absolute Gasteiger partial charge is 0.214 e. The normalized spacial score (nSPS) is 15.7. The molecule has 0 atom stereocenters. The van der Waals surface area contributed by atoms with Gasteiger partial charge < -0.3 is 4.74 Å². The molecule has 1 aliphatic rings. The molecule has 0 amide bonds. The standard InChI is InChI=1S/C9H9NO2/c11-6-7-3-4-10-9(5-7)12-8-1-2-8/h3-6,8H,1-2H2. The maximum atomic E-state index is 10.4. The molecule has 12 heavy (non-hydrogen) atoms. The number of ether oxygens (including phenoxy) is 1. The van der Waals surface area contributed by atoms with Crippen LogP contribution in [0.2, 0.25) is 0 Å². The summed E-state index contributed by atoms with van der Waals surface area (Å²) in [5, 5.41) is 0. The third-order valence-corrected chi connectivity index (χ3v) is 1.71. The van der Waals surface area contributed by atoms with E-state index in [0.29, 0.717) is 17.5 Å². The van der Waals surface area contributed by atoms with E-state index in [0.717, 1.165) is 19.1 Å². The summed E-state index contributed by atoms with van der Waals surface area (Å²) >= 11 is 0. The first-order valence-electron chi connectivity index (χ1n) is 3.96. The Morgan fingerprint density at radius 1 is 1.58 bits per heavy atom. The van der Waals surface area contributed by atoms with E-state index in [4.69, 9.17) is 4.74 Å². The van der Waals surface area contributed by atoms with Crippen LogP contribution in [0.4, 0.5) is 0 Å². The lowest BCUT2D eigenvalue weighted by Crippen LogP contribution is -1.98. The molecule has 1 aromatic heterocycles. The molecule has 1 heterocycles. The Morgan fingerprint density at radius 3 is 3.08 bits per heavy atom. The van der Waals surface area contributed by atoms with Crippen molar-refractivity contribution in [3.63, 3.8) is 0 Å². The molecular weight excluding hydrogens is 154 g/mol. The van der Waals surface area contributed by atoms with E-state index in [1.165, 1.54) is 0 Å². The summed E-state index contributed by atoms with van der Waals surface area (Å²) in [7, 11) is 0. The SMILES string of the molecule is O=Cc1ccnc(OC2CC2)c1. The highest BCUT2D eigenvalue weighted by atomic mass is 16.5. The second kappa shape index (κ2) is 2.93. The van der Waals surface area contributed by atoms with E-state index < -0.39 is 0 Å². The number of aldehydes is 1. The van der Waals surface area contributed by atoms with Crippen LogP contribution in [0, 0.1) is 0 Å². The number of hydrogen-bond acceptors (Lipinski definition) is 3. The van der Waals surface area contributed by atoms with Gasteiger partial charge in [-0.2, -0.15) is 0 Å². The fraction of sp³-hybridized carbons (Fsp3) is 0.333. The topological polar surface area (TPSA) is 39.2 Å². The minimum Gasteiger partial charge on any atom is -0.474 e. The lowest BCUT2D eigenvalue weighted by atomic mass is 10.3. The van der Waals surface area contributed by atoms with Crippen LogP contribution in [0.3, 0.4) is 0 Å². The summed E-state index contributed by atoms with van der Waals surface area (Å²) in [6, 6.07) is 3.32. The highest BCUT2D eigenvalue weighted by Crippen LogP contribution is 2.25. The molecule has 1 aromatic rings. The van der Waals surface area contributed by atoms with Gasteiger partial charge in [-0.15, -0.1) is 0 Å². The number of hydrogen-bond donors (Lipinski definition) is 0. The molecule has 0 unspecified atom stereocenters. The predicted molar refractivity (Wildman–Crippen MR) is 43.3 cm³/mol. The summed E-state index contributed by atoms with van der Waals surface area (Å²) < 4.78 is 5.40. The van der Waals surface area contributed by atoms with Crippen molar-refractivity contribution in [2.75, 3.05) is 0 Å². The van der Waals surface area contributed by atoms with Crippen molar-refractivity contribution in [2.45, 2.75) is 18.9 Å². The molecule has 2 rings (SSSR count). The van der Waals surface area contributed by atoms with Gasteiger partial charge in [0, 0.05) is 17.8 Å². The van der Waals surface area contributed by atoms with Gasteiger partial charge in [0.2, 0.25) is 5.88 Å². The van der Waals surface area contributed by atoms with Crippen molar-refractivity contribution in [3.8, 4) is 5.88 Å². The Hall–Kier alpha value is -1.38. The van der Waals surface area contributed by atoms with Gasteiger partial charge in [0.15, 0.2) is 0 Å². The van der Waals surface area contributed by atoms with Crippen molar-refractivity contribution < 1.29 is 9.53 Å². The van der Waals surface area contributed by atoms with Crippen LogP contribution in [-0.2, 0) is 0 Å². The second-order valence-corrected chi connectivity index (χ2v) is 2.86. The molecule has 1 saturated carbocycles. The average molecular weight is 163 g/mol. The number of carbonyl (C=O) groups is 1. The van der Waals surface area contributed by atoms with Gasteiger partial charge in [-0.3, -0.25) is 4.79 Å². The molecule has 1 aliphatic carbocycles. The Morgan fingerprint density at radius 2 is 2.42 bits per heavy atom. The maximum absolute atomic E-state index is 10.4. The van der Waals surface area contributed by atoms with Crippen molar-refractivity contribution in [1.82, 2.24) is 4.98 Å². The zero-order valence-electron chi connectivity index (χ0n) is 6.56. The molecular formula is C9H9NO2. The average Bonchev–Trinajstić information content (AvgIpc) is 2.89. The Balaban J connectivity index is 2.13. The third-order valence-electron chi connectivity index (χ3n) is 1.71. The minimum absolute atomic E-state index is 0.333. The van der Waals surface area contributed by atoms with Crippen molar-refractivity contribution in [1.29, 1.82) is 0 Å². The monoisotopic (exact) mass is 163 g/mol. The third kappa shape index (κ3) is 1.61. The van der Waals surface area contributed by atoms with Gasteiger partial charge in [0.05, 0.1) is 0 Å². The molecule has 0 spiro atoms. The first-order chi connectivity index (χ1) is 5.88.